The van der Waals surface area contributed by atoms with Crippen molar-refractivity contribution in [1.29, 1.82) is 0 Å². The molecule has 0 aliphatic carbocycles. The summed E-state index contributed by atoms with van der Waals surface area (Å²) in [5.41, 5.74) is 7.42. The molecule has 0 fully saturated rings. The summed E-state index contributed by atoms with van der Waals surface area (Å²) in [6.45, 7) is 4.42. The number of nitrogens with one attached hydrogen (secondary N) is 2. The molecule has 30 heavy (non-hydrogen) atoms. The predicted octanol–water partition coefficient (Wildman–Crippen LogP) is 3.44. The lowest BCUT2D eigenvalue weighted by atomic mass is 10.1. The predicted molar refractivity (Wildman–Crippen MR) is 112 cm³/mol. The highest BCUT2D eigenvalue weighted by Crippen LogP contribution is 2.29. The Morgan fingerprint density at radius 2 is 1.73 bits per heavy atom. The lowest BCUT2D eigenvalue weighted by molar-refractivity contribution is 0.0846. The molecule has 0 saturated carbocycles. The number of rotatable bonds is 7. The van der Waals surface area contributed by atoms with Crippen LogP contribution in [-0.2, 0) is 6.61 Å². The van der Waals surface area contributed by atoms with Crippen LogP contribution < -0.4 is 20.3 Å². The number of hydrogen-bond acceptors (Lipinski definition) is 5. The Morgan fingerprint density at radius 1 is 0.933 bits per heavy atom. The van der Waals surface area contributed by atoms with E-state index in [4.69, 9.17) is 9.47 Å². The minimum absolute atomic E-state index is 0.325. The molecule has 7 heteroatoms. The van der Waals surface area contributed by atoms with Gasteiger partial charge >= 0.3 is 0 Å². The molecular weight excluding hydrogens is 382 g/mol. The van der Waals surface area contributed by atoms with Crippen LogP contribution in [0.1, 0.15) is 38.8 Å². The van der Waals surface area contributed by atoms with Gasteiger partial charge in [-0.1, -0.05) is 24.3 Å². The second-order valence-electron chi connectivity index (χ2n) is 6.47. The Balaban J connectivity index is 1.66. The number of ether oxygens (including phenoxy) is 2. The molecule has 1 heterocycles. The highest BCUT2D eigenvalue weighted by atomic mass is 16.5. The summed E-state index contributed by atoms with van der Waals surface area (Å²) < 4.78 is 11.4. The largest absolute Gasteiger partial charge is 0.490 e. The molecule has 0 atom stereocenters. The van der Waals surface area contributed by atoms with Gasteiger partial charge in [0.25, 0.3) is 11.8 Å². The molecule has 0 saturated heterocycles. The van der Waals surface area contributed by atoms with Gasteiger partial charge < -0.3 is 9.47 Å². The Labute approximate surface area is 175 Å². The molecule has 0 unspecified atom stereocenters. The Bertz CT molecular complexity index is 1020. The van der Waals surface area contributed by atoms with Gasteiger partial charge in [0.2, 0.25) is 0 Å². The summed E-state index contributed by atoms with van der Waals surface area (Å²) in [4.78, 5) is 28.8. The fraction of sp³-hybridized carbons (Fsp3) is 0.174. The van der Waals surface area contributed by atoms with Crippen molar-refractivity contribution in [2.45, 2.75) is 20.5 Å². The Hall–Kier alpha value is -3.87. The van der Waals surface area contributed by atoms with E-state index in [2.05, 4.69) is 15.8 Å². The number of aryl methyl sites for hydroxylation is 1. The molecule has 2 N–H and O–H groups in total. The van der Waals surface area contributed by atoms with Gasteiger partial charge in [0.1, 0.15) is 6.61 Å². The van der Waals surface area contributed by atoms with E-state index in [1.54, 1.807) is 42.7 Å². The van der Waals surface area contributed by atoms with Crippen molar-refractivity contribution in [2.75, 3.05) is 6.61 Å². The van der Waals surface area contributed by atoms with Crippen molar-refractivity contribution in [2.24, 2.45) is 0 Å². The van der Waals surface area contributed by atoms with E-state index < -0.39 is 5.91 Å². The van der Waals surface area contributed by atoms with E-state index >= 15 is 0 Å². The van der Waals surface area contributed by atoms with E-state index in [0.29, 0.717) is 35.8 Å². The minimum Gasteiger partial charge on any atom is -0.490 e. The van der Waals surface area contributed by atoms with Gasteiger partial charge in [0.05, 0.1) is 6.61 Å². The summed E-state index contributed by atoms with van der Waals surface area (Å²) in [6, 6.07) is 15.7. The smallest absolute Gasteiger partial charge is 0.269 e. The molecule has 2 aromatic carbocycles. The third kappa shape index (κ3) is 5.35. The maximum absolute atomic E-state index is 12.5. The van der Waals surface area contributed by atoms with E-state index in [1.165, 1.54) is 0 Å². The van der Waals surface area contributed by atoms with Crippen LogP contribution in [0.15, 0.2) is 67.0 Å². The van der Waals surface area contributed by atoms with Crippen LogP contribution in [0.4, 0.5) is 0 Å². The normalized spacial score (nSPS) is 10.2. The van der Waals surface area contributed by atoms with Crippen LogP contribution in [0.25, 0.3) is 0 Å². The van der Waals surface area contributed by atoms with Crippen molar-refractivity contribution in [3.05, 3.63) is 89.2 Å². The van der Waals surface area contributed by atoms with E-state index in [9.17, 15) is 9.59 Å². The zero-order chi connectivity index (χ0) is 21.3. The number of benzene rings is 2. The molecule has 0 bridgehead atoms. The first kappa shape index (κ1) is 20.9. The van der Waals surface area contributed by atoms with Gasteiger partial charge in [0.15, 0.2) is 11.5 Å². The van der Waals surface area contributed by atoms with Gasteiger partial charge in [-0.15, -0.1) is 0 Å². The summed E-state index contributed by atoms with van der Waals surface area (Å²) in [5.74, 6) is 0.111. The minimum atomic E-state index is -0.461. The second kappa shape index (κ2) is 10.1. The van der Waals surface area contributed by atoms with Gasteiger partial charge in [-0.3, -0.25) is 25.4 Å². The number of aromatic nitrogens is 1. The lowest BCUT2D eigenvalue weighted by Gasteiger charge is -2.14. The molecule has 2 amide bonds. The molecule has 3 aromatic rings. The molecule has 0 aliphatic heterocycles. The van der Waals surface area contributed by atoms with E-state index in [-0.39, 0.29) is 5.91 Å². The molecule has 7 nitrogen and oxygen atoms in total. The average molecular weight is 405 g/mol. The summed E-state index contributed by atoms with van der Waals surface area (Å²) in [6.07, 6.45) is 3.42. The van der Waals surface area contributed by atoms with Crippen LogP contribution in [0, 0.1) is 6.92 Å². The molecule has 0 spiro atoms. The van der Waals surface area contributed by atoms with Crippen LogP contribution >= 0.6 is 0 Å². The number of hydrazine groups is 1. The fourth-order valence-electron chi connectivity index (χ4n) is 2.76. The lowest BCUT2D eigenvalue weighted by Crippen LogP contribution is -2.41. The summed E-state index contributed by atoms with van der Waals surface area (Å²) in [5, 5.41) is 0. The van der Waals surface area contributed by atoms with Crippen molar-refractivity contribution < 1.29 is 19.1 Å². The van der Waals surface area contributed by atoms with E-state index in [0.717, 1.165) is 11.1 Å². The fourth-order valence-corrected chi connectivity index (χ4v) is 2.76. The van der Waals surface area contributed by atoms with Crippen LogP contribution in [-0.4, -0.2) is 23.4 Å². The molecule has 0 radical (unpaired) electrons. The van der Waals surface area contributed by atoms with Crippen LogP contribution in [0.5, 0.6) is 11.5 Å². The molecular formula is C23H23N3O4. The first-order valence-corrected chi connectivity index (χ1v) is 9.53. The molecule has 154 valence electrons. The zero-order valence-corrected chi connectivity index (χ0v) is 16.8. The highest BCUT2D eigenvalue weighted by Gasteiger charge is 2.14. The van der Waals surface area contributed by atoms with Crippen molar-refractivity contribution >= 4 is 11.8 Å². The third-order valence-electron chi connectivity index (χ3n) is 4.30. The SMILES string of the molecule is CCOc1cc(C(=O)NNC(=O)c2ccccc2C)ccc1OCc1cccnc1. The number of pyridine rings is 1. The maximum atomic E-state index is 12.5. The molecule has 0 aliphatic rings. The van der Waals surface area contributed by atoms with Gasteiger partial charge in [-0.2, -0.15) is 0 Å². The standard InChI is InChI=1S/C23H23N3O4/c1-3-29-21-13-18(10-11-20(21)30-15-17-8-6-12-24-14-17)22(27)25-26-23(28)19-9-5-4-7-16(19)2/h4-14H,3,15H2,1-2H3,(H,25,27)(H,26,28). The van der Waals surface area contributed by atoms with Crippen LogP contribution in [0.3, 0.4) is 0 Å². The molecule has 1 aromatic heterocycles. The Morgan fingerprint density at radius 3 is 2.47 bits per heavy atom. The number of amides is 2. The first-order chi connectivity index (χ1) is 14.6. The quantitative estimate of drug-likeness (QED) is 0.588. The summed E-state index contributed by atoms with van der Waals surface area (Å²) in [7, 11) is 0. The summed E-state index contributed by atoms with van der Waals surface area (Å²) >= 11 is 0. The number of carbonyl (C=O) groups excluding carboxylic acids is 2. The van der Waals surface area contributed by atoms with Crippen LogP contribution in [0.2, 0.25) is 0 Å². The first-order valence-electron chi connectivity index (χ1n) is 9.53. The van der Waals surface area contributed by atoms with E-state index in [1.807, 2.05) is 38.1 Å². The Kier molecular flexibility index (Phi) is 7.00. The monoisotopic (exact) mass is 405 g/mol. The number of hydrogen-bond donors (Lipinski definition) is 2. The van der Waals surface area contributed by atoms with Crippen molar-refractivity contribution in [3.8, 4) is 11.5 Å². The zero-order valence-electron chi connectivity index (χ0n) is 16.8. The van der Waals surface area contributed by atoms with Gasteiger partial charge in [-0.25, -0.2) is 0 Å². The number of carbonyl (C=O) groups is 2. The highest BCUT2D eigenvalue weighted by molar-refractivity contribution is 6.00. The van der Waals surface area contributed by atoms with Gasteiger partial charge in [-0.05, 0) is 49.7 Å². The second-order valence-corrected chi connectivity index (χ2v) is 6.47. The van der Waals surface area contributed by atoms with Crippen molar-refractivity contribution in [1.82, 2.24) is 15.8 Å². The number of nitrogens with zero attached hydrogens (tertiary/aromatic N) is 1. The maximum Gasteiger partial charge on any atom is 0.269 e. The van der Waals surface area contributed by atoms with Crippen molar-refractivity contribution in [3.63, 3.8) is 0 Å². The van der Waals surface area contributed by atoms with Gasteiger partial charge in [0, 0.05) is 29.1 Å². The topological polar surface area (TPSA) is 89.6 Å². The average Bonchev–Trinajstić information content (AvgIpc) is 2.77. The molecule has 3 rings (SSSR count). The third-order valence-corrected chi connectivity index (χ3v) is 4.30.